The van der Waals surface area contributed by atoms with E-state index in [-0.39, 0.29) is 5.82 Å². The minimum Gasteiger partial charge on any atom is -0.394 e. The van der Waals surface area contributed by atoms with Crippen molar-refractivity contribution in [3.63, 3.8) is 0 Å². The van der Waals surface area contributed by atoms with Gasteiger partial charge in [0.05, 0.1) is 12.9 Å². The molecule has 1 unspecified atom stereocenters. The van der Waals surface area contributed by atoms with Crippen LogP contribution in [-0.4, -0.2) is 75.1 Å². The molecular weight excluding hydrogens is 280 g/mol. The predicted octanol–water partition coefficient (Wildman–Crippen LogP) is -1.92. The van der Waals surface area contributed by atoms with Gasteiger partial charge in [0.25, 0.3) is 0 Å². The van der Waals surface area contributed by atoms with Crippen LogP contribution in [-0.2, 0) is 4.74 Å². The Bertz CT molecular complexity index is 573. The summed E-state index contributed by atoms with van der Waals surface area (Å²) in [6.45, 7) is -0.456. The van der Waals surface area contributed by atoms with Crippen LogP contribution >= 0.6 is 0 Å². The Labute approximate surface area is 120 Å². The second kappa shape index (κ2) is 6.31. The minimum atomic E-state index is -1.32. The standard InChI is InChI=1S/C12H18N4O5/c1-15(2)6-13-8-3-4-16(12(20)14-8)11-10(19)9(18)7(5-17)21-11/h3-4,6-7,9-11,17-19H,5H2,1-2H3/t7-,9?,10+,11-/m1/s1. The first-order chi connectivity index (χ1) is 9.93. The third kappa shape index (κ3) is 3.27. The summed E-state index contributed by atoms with van der Waals surface area (Å²) in [5, 5.41) is 28.6. The van der Waals surface area contributed by atoms with E-state index in [2.05, 4.69) is 9.98 Å². The van der Waals surface area contributed by atoms with Crippen molar-refractivity contribution in [2.75, 3.05) is 20.7 Å². The van der Waals surface area contributed by atoms with Crippen molar-refractivity contribution in [2.24, 2.45) is 4.99 Å². The zero-order chi connectivity index (χ0) is 15.6. The Kier molecular flexibility index (Phi) is 4.68. The van der Waals surface area contributed by atoms with Gasteiger partial charge in [-0.3, -0.25) is 4.57 Å². The number of nitrogens with zero attached hydrogens (tertiary/aromatic N) is 4. The maximum atomic E-state index is 11.9. The maximum Gasteiger partial charge on any atom is 0.351 e. The molecule has 116 valence electrons. The number of aromatic nitrogens is 2. The van der Waals surface area contributed by atoms with E-state index in [1.165, 1.54) is 18.6 Å². The molecule has 1 aromatic heterocycles. The fourth-order valence-corrected chi connectivity index (χ4v) is 1.95. The molecule has 0 aliphatic carbocycles. The molecule has 0 aromatic carbocycles. The Balaban J connectivity index is 2.24. The highest BCUT2D eigenvalue weighted by Crippen LogP contribution is 2.28. The van der Waals surface area contributed by atoms with Crippen LogP contribution in [0.4, 0.5) is 5.82 Å². The van der Waals surface area contributed by atoms with Crippen LogP contribution < -0.4 is 5.69 Å². The topological polar surface area (TPSA) is 120 Å². The van der Waals surface area contributed by atoms with Crippen LogP contribution in [0.5, 0.6) is 0 Å². The van der Waals surface area contributed by atoms with Gasteiger partial charge in [-0.1, -0.05) is 0 Å². The molecule has 9 heteroatoms. The largest absolute Gasteiger partial charge is 0.394 e. The molecule has 1 saturated heterocycles. The number of aliphatic hydroxyl groups is 3. The molecule has 0 saturated carbocycles. The summed E-state index contributed by atoms with van der Waals surface area (Å²) < 4.78 is 6.32. The molecule has 4 atom stereocenters. The highest BCUT2D eigenvalue weighted by atomic mass is 16.6. The average Bonchev–Trinajstić information content (AvgIpc) is 2.73. The van der Waals surface area contributed by atoms with Crippen LogP contribution in [0.2, 0.25) is 0 Å². The summed E-state index contributed by atoms with van der Waals surface area (Å²) in [6.07, 6.45) is -1.75. The molecule has 1 aliphatic heterocycles. The second-order valence-electron chi connectivity index (χ2n) is 4.91. The summed E-state index contributed by atoms with van der Waals surface area (Å²) >= 11 is 0. The zero-order valence-electron chi connectivity index (χ0n) is 11.7. The molecular formula is C12H18N4O5. The van der Waals surface area contributed by atoms with Gasteiger partial charge in [0.1, 0.15) is 18.3 Å². The number of rotatable bonds is 4. The number of hydrogen-bond donors (Lipinski definition) is 3. The van der Waals surface area contributed by atoms with Crippen molar-refractivity contribution < 1.29 is 20.1 Å². The molecule has 1 aromatic rings. The van der Waals surface area contributed by atoms with Crippen LogP contribution in [0.15, 0.2) is 22.1 Å². The first-order valence-corrected chi connectivity index (χ1v) is 6.36. The van der Waals surface area contributed by atoms with Gasteiger partial charge in [0, 0.05) is 20.3 Å². The molecule has 9 nitrogen and oxygen atoms in total. The van der Waals surface area contributed by atoms with E-state index in [0.29, 0.717) is 0 Å². The van der Waals surface area contributed by atoms with Gasteiger partial charge in [-0.25, -0.2) is 9.79 Å². The lowest BCUT2D eigenvalue weighted by molar-refractivity contribution is -0.0549. The fourth-order valence-electron chi connectivity index (χ4n) is 1.95. The Morgan fingerprint density at radius 3 is 2.71 bits per heavy atom. The SMILES string of the molecule is CN(C)C=Nc1ccn([C@@H]2O[C@H](CO)C(O)[C@@H]2O)c(=O)n1. The van der Waals surface area contributed by atoms with E-state index in [0.717, 1.165) is 4.57 Å². The fraction of sp³-hybridized carbons (Fsp3) is 0.583. The third-order valence-electron chi connectivity index (χ3n) is 3.03. The molecule has 0 bridgehead atoms. The van der Waals surface area contributed by atoms with Gasteiger partial charge < -0.3 is 25.0 Å². The van der Waals surface area contributed by atoms with E-state index in [4.69, 9.17) is 9.84 Å². The molecule has 0 radical (unpaired) electrons. The molecule has 3 N–H and O–H groups in total. The van der Waals surface area contributed by atoms with Crippen molar-refractivity contribution in [3.05, 3.63) is 22.7 Å². The van der Waals surface area contributed by atoms with Crippen LogP contribution in [0.3, 0.4) is 0 Å². The van der Waals surface area contributed by atoms with Gasteiger partial charge in [-0.2, -0.15) is 4.98 Å². The van der Waals surface area contributed by atoms with E-state index in [1.54, 1.807) is 19.0 Å². The summed E-state index contributed by atoms with van der Waals surface area (Å²) in [6, 6.07) is 1.48. The van der Waals surface area contributed by atoms with Crippen molar-refractivity contribution in [1.82, 2.24) is 14.5 Å². The summed E-state index contributed by atoms with van der Waals surface area (Å²) in [4.78, 5) is 21.4. The second-order valence-corrected chi connectivity index (χ2v) is 4.91. The lowest BCUT2D eigenvalue weighted by Gasteiger charge is -2.16. The molecule has 2 heterocycles. The maximum absolute atomic E-state index is 11.9. The van der Waals surface area contributed by atoms with E-state index in [9.17, 15) is 15.0 Å². The highest BCUT2D eigenvalue weighted by molar-refractivity contribution is 5.58. The summed E-state index contributed by atoms with van der Waals surface area (Å²) in [7, 11) is 3.56. The van der Waals surface area contributed by atoms with Gasteiger partial charge in [0.2, 0.25) is 0 Å². The van der Waals surface area contributed by atoms with E-state index < -0.39 is 36.8 Å². The van der Waals surface area contributed by atoms with Gasteiger partial charge in [-0.05, 0) is 6.07 Å². The number of ether oxygens (including phenoxy) is 1. The number of aliphatic hydroxyl groups excluding tert-OH is 3. The van der Waals surface area contributed by atoms with Gasteiger partial charge in [-0.15, -0.1) is 0 Å². The molecule has 1 fully saturated rings. The normalized spacial score (nSPS) is 29.2. The van der Waals surface area contributed by atoms with Crippen LogP contribution in [0.1, 0.15) is 6.23 Å². The average molecular weight is 298 g/mol. The smallest absolute Gasteiger partial charge is 0.351 e. The lowest BCUT2D eigenvalue weighted by atomic mass is 10.1. The van der Waals surface area contributed by atoms with Gasteiger partial charge in [0.15, 0.2) is 12.0 Å². The van der Waals surface area contributed by atoms with Crippen LogP contribution in [0, 0.1) is 0 Å². The first-order valence-electron chi connectivity index (χ1n) is 6.36. The quantitative estimate of drug-likeness (QED) is 0.437. The Morgan fingerprint density at radius 1 is 1.48 bits per heavy atom. The minimum absolute atomic E-state index is 0.219. The van der Waals surface area contributed by atoms with Gasteiger partial charge >= 0.3 is 5.69 Å². The molecule has 21 heavy (non-hydrogen) atoms. The van der Waals surface area contributed by atoms with E-state index >= 15 is 0 Å². The number of hydrogen-bond acceptors (Lipinski definition) is 7. The monoisotopic (exact) mass is 298 g/mol. The molecule has 1 aliphatic rings. The molecule has 0 amide bonds. The lowest BCUT2D eigenvalue weighted by Crippen LogP contribution is -2.35. The Hall–Kier alpha value is -1.81. The highest BCUT2D eigenvalue weighted by Gasteiger charge is 2.43. The van der Waals surface area contributed by atoms with Crippen molar-refractivity contribution in [1.29, 1.82) is 0 Å². The summed E-state index contributed by atoms with van der Waals surface area (Å²) in [5.41, 5.74) is -0.668. The van der Waals surface area contributed by atoms with Crippen molar-refractivity contribution in [2.45, 2.75) is 24.5 Å². The van der Waals surface area contributed by atoms with Crippen molar-refractivity contribution >= 4 is 12.2 Å². The first kappa shape index (κ1) is 15.6. The summed E-state index contributed by atoms with van der Waals surface area (Å²) in [5.74, 6) is 0.219. The van der Waals surface area contributed by atoms with E-state index in [1.807, 2.05) is 0 Å². The molecule has 0 spiro atoms. The zero-order valence-corrected chi connectivity index (χ0v) is 11.7. The number of aliphatic imine (C=N–C) groups is 1. The predicted molar refractivity (Wildman–Crippen MR) is 73.3 cm³/mol. The third-order valence-corrected chi connectivity index (χ3v) is 3.03. The van der Waals surface area contributed by atoms with Crippen LogP contribution in [0.25, 0.3) is 0 Å². The van der Waals surface area contributed by atoms with Crippen molar-refractivity contribution in [3.8, 4) is 0 Å². The Morgan fingerprint density at radius 2 is 2.19 bits per heavy atom. The molecule has 2 rings (SSSR count).